The molecule has 0 amide bonds. The highest BCUT2D eigenvalue weighted by Gasteiger charge is 2.32. The van der Waals surface area contributed by atoms with Crippen molar-refractivity contribution in [3.8, 4) is 0 Å². The largest absolute Gasteiger partial charge is 0.416 e. The van der Waals surface area contributed by atoms with Crippen molar-refractivity contribution < 1.29 is 13.2 Å². The maximum atomic E-state index is 12.6. The molecule has 1 aromatic heterocycles. The third kappa shape index (κ3) is 4.07. The molecule has 1 aromatic carbocycles. The van der Waals surface area contributed by atoms with Crippen molar-refractivity contribution in [2.45, 2.75) is 57.5 Å². The van der Waals surface area contributed by atoms with E-state index < -0.39 is 11.7 Å². The van der Waals surface area contributed by atoms with Crippen LogP contribution in [0.15, 0.2) is 24.3 Å². The molecule has 0 unspecified atom stereocenters. The summed E-state index contributed by atoms with van der Waals surface area (Å²) in [5, 5.41) is 8.67. The van der Waals surface area contributed by atoms with Gasteiger partial charge >= 0.3 is 6.18 Å². The molecule has 0 spiro atoms. The van der Waals surface area contributed by atoms with Crippen LogP contribution in [0.1, 0.15) is 48.5 Å². The Bertz CT molecular complexity index is 732. The fraction of sp³-hybridized carbons (Fsp3) is 0.556. The van der Waals surface area contributed by atoms with Gasteiger partial charge in [0.25, 0.3) is 0 Å². The van der Waals surface area contributed by atoms with Gasteiger partial charge in [0.05, 0.1) is 12.1 Å². The fourth-order valence-corrected chi connectivity index (χ4v) is 3.39. The minimum absolute atomic E-state index is 0.257. The summed E-state index contributed by atoms with van der Waals surface area (Å²) in [4.78, 5) is 2.02. The van der Waals surface area contributed by atoms with Crippen molar-refractivity contribution >= 4 is 0 Å². The van der Waals surface area contributed by atoms with Crippen LogP contribution in [-0.2, 0) is 25.8 Å². The number of benzene rings is 1. The summed E-state index contributed by atoms with van der Waals surface area (Å²) >= 11 is 0. The number of aromatic nitrogens is 3. The maximum absolute atomic E-state index is 12.6. The number of halogens is 3. The average Bonchev–Trinajstić information content (AvgIpc) is 2.93. The van der Waals surface area contributed by atoms with E-state index >= 15 is 0 Å². The molecule has 0 radical (unpaired) electrons. The van der Waals surface area contributed by atoms with Gasteiger partial charge in [0, 0.05) is 25.0 Å². The molecule has 3 rings (SSSR count). The van der Waals surface area contributed by atoms with Crippen molar-refractivity contribution in [1.29, 1.82) is 0 Å². The van der Waals surface area contributed by atoms with Crippen LogP contribution in [0.4, 0.5) is 13.2 Å². The highest BCUT2D eigenvalue weighted by Crippen LogP contribution is 2.35. The summed E-state index contributed by atoms with van der Waals surface area (Å²) in [5.74, 6) is 2.25. The quantitative estimate of drug-likeness (QED) is 0.852. The molecule has 2 aromatic rings. The lowest BCUT2D eigenvalue weighted by Crippen LogP contribution is -2.36. The van der Waals surface area contributed by atoms with Crippen molar-refractivity contribution in [1.82, 2.24) is 19.7 Å². The predicted octanol–water partition coefficient (Wildman–Crippen LogP) is 3.15. The molecule has 5 nitrogen and oxygen atoms in total. The van der Waals surface area contributed by atoms with Gasteiger partial charge in [-0.2, -0.15) is 13.2 Å². The zero-order valence-electron chi connectivity index (χ0n) is 15.0. The molecule has 1 fully saturated rings. The summed E-state index contributed by atoms with van der Waals surface area (Å²) in [5.41, 5.74) is 6.07. The lowest BCUT2D eigenvalue weighted by atomic mass is 9.80. The molecule has 0 saturated heterocycles. The summed E-state index contributed by atoms with van der Waals surface area (Å²) < 4.78 is 40.1. The van der Waals surface area contributed by atoms with Crippen molar-refractivity contribution in [2.75, 3.05) is 7.05 Å². The summed E-state index contributed by atoms with van der Waals surface area (Å²) in [7, 11) is 1.92. The first-order valence-electron chi connectivity index (χ1n) is 8.80. The van der Waals surface area contributed by atoms with E-state index in [1.54, 1.807) is 0 Å². The van der Waals surface area contributed by atoms with Gasteiger partial charge in [-0.15, -0.1) is 10.2 Å². The minimum Gasteiger partial charge on any atom is -0.328 e. The fourth-order valence-electron chi connectivity index (χ4n) is 3.39. The molecule has 142 valence electrons. The van der Waals surface area contributed by atoms with E-state index in [0.29, 0.717) is 19.0 Å². The maximum Gasteiger partial charge on any atom is 0.416 e. The second kappa shape index (κ2) is 7.36. The zero-order chi connectivity index (χ0) is 18.9. The Morgan fingerprint density at radius 1 is 1.15 bits per heavy atom. The number of hydrogen-bond donors (Lipinski definition) is 1. The molecular weight excluding hydrogens is 343 g/mol. The van der Waals surface area contributed by atoms with Crippen LogP contribution in [0.2, 0.25) is 0 Å². The number of alkyl halides is 3. The summed E-state index contributed by atoms with van der Waals surface area (Å²) in [6.07, 6.45) is -2.42. The zero-order valence-corrected chi connectivity index (χ0v) is 15.0. The van der Waals surface area contributed by atoms with E-state index in [4.69, 9.17) is 5.73 Å². The van der Waals surface area contributed by atoms with Gasteiger partial charge in [0.1, 0.15) is 11.6 Å². The van der Waals surface area contributed by atoms with Crippen LogP contribution in [0, 0.1) is 0 Å². The van der Waals surface area contributed by atoms with Crippen molar-refractivity contribution in [3.05, 3.63) is 47.0 Å². The molecule has 1 heterocycles. The second-order valence-corrected chi connectivity index (χ2v) is 7.01. The van der Waals surface area contributed by atoms with Gasteiger partial charge in [0.2, 0.25) is 0 Å². The molecule has 1 aliphatic rings. The first-order chi connectivity index (χ1) is 12.3. The number of hydrogen-bond acceptors (Lipinski definition) is 4. The Morgan fingerprint density at radius 2 is 1.81 bits per heavy atom. The van der Waals surface area contributed by atoms with E-state index in [-0.39, 0.29) is 6.04 Å². The average molecular weight is 367 g/mol. The monoisotopic (exact) mass is 367 g/mol. The molecular formula is C18H24F3N5. The van der Waals surface area contributed by atoms with E-state index in [1.165, 1.54) is 12.1 Å². The molecule has 1 aliphatic carbocycles. The van der Waals surface area contributed by atoms with E-state index in [9.17, 15) is 13.2 Å². The number of nitrogens with two attached hydrogens (primary N) is 1. The van der Waals surface area contributed by atoms with E-state index in [2.05, 4.69) is 21.7 Å². The number of rotatable bonds is 6. The third-order valence-electron chi connectivity index (χ3n) is 4.86. The van der Waals surface area contributed by atoms with Gasteiger partial charge in [-0.05, 0) is 44.5 Å². The summed E-state index contributed by atoms with van der Waals surface area (Å²) in [6, 6.07) is 5.54. The lowest BCUT2D eigenvalue weighted by molar-refractivity contribution is -0.137. The Kier molecular flexibility index (Phi) is 5.34. The highest BCUT2D eigenvalue weighted by atomic mass is 19.4. The number of nitrogens with zero attached hydrogens (tertiary/aromatic N) is 4. The highest BCUT2D eigenvalue weighted by molar-refractivity contribution is 5.24. The van der Waals surface area contributed by atoms with E-state index in [1.807, 2.05) is 11.9 Å². The Labute approximate surface area is 151 Å². The van der Waals surface area contributed by atoms with Gasteiger partial charge in [-0.1, -0.05) is 12.1 Å². The van der Waals surface area contributed by atoms with Gasteiger partial charge in [0.15, 0.2) is 0 Å². The van der Waals surface area contributed by atoms with Crippen LogP contribution in [0.5, 0.6) is 0 Å². The Morgan fingerprint density at radius 3 is 2.35 bits per heavy atom. The van der Waals surface area contributed by atoms with E-state index in [0.717, 1.165) is 48.7 Å². The first-order valence-corrected chi connectivity index (χ1v) is 8.80. The van der Waals surface area contributed by atoms with Crippen molar-refractivity contribution in [3.63, 3.8) is 0 Å². The van der Waals surface area contributed by atoms with Crippen LogP contribution in [0.3, 0.4) is 0 Å². The van der Waals surface area contributed by atoms with Crippen LogP contribution in [-0.4, -0.2) is 32.8 Å². The second-order valence-electron chi connectivity index (χ2n) is 7.01. The SMILES string of the molecule is CCn1c(CN(C)Cc2ccc(C(F)(F)F)cc2)nnc1C1CC(N)C1. The normalized spacial score (nSPS) is 20.4. The molecule has 1 saturated carbocycles. The first kappa shape index (κ1) is 18.8. The van der Waals surface area contributed by atoms with Crippen LogP contribution in [0.25, 0.3) is 0 Å². The Balaban J connectivity index is 1.64. The van der Waals surface area contributed by atoms with Crippen LogP contribution < -0.4 is 5.73 Å². The third-order valence-corrected chi connectivity index (χ3v) is 4.86. The topological polar surface area (TPSA) is 60.0 Å². The minimum atomic E-state index is -4.30. The van der Waals surface area contributed by atoms with Crippen molar-refractivity contribution in [2.24, 2.45) is 5.73 Å². The van der Waals surface area contributed by atoms with Gasteiger partial charge < -0.3 is 10.3 Å². The van der Waals surface area contributed by atoms with Gasteiger partial charge in [-0.25, -0.2) is 0 Å². The molecule has 26 heavy (non-hydrogen) atoms. The molecule has 0 aliphatic heterocycles. The lowest BCUT2D eigenvalue weighted by Gasteiger charge is -2.31. The Hall–Kier alpha value is -1.93. The smallest absolute Gasteiger partial charge is 0.328 e. The van der Waals surface area contributed by atoms with Gasteiger partial charge in [-0.3, -0.25) is 4.90 Å². The molecule has 8 heteroatoms. The molecule has 0 bridgehead atoms. The standard InChI is InChI=1S/C18H24F3N5/c1-3-26-16(23-24-17(26)13-8-15(22)9-13)11-25(2)10-12-4-6-14(7-5-12)18(19,20)21/h4-7,13,15H,3,8-11,22H2,1-2H3. The molecule has 0 atom stereocenters. The summed E-state index contributed by atoms with van der Waals surface area (Å²) in [6.45, 7) is 3.97. The molecule has 2 N–H and O–H groups in total. The van der Waals surface area contributed by atoms with Crippen LogP contribution >= 0.6 is 0 Å². The predicted molar refractivity (Wildman–Crippen MR) is 92.3 cm³/mol.